The average Bonchev–Trinajstić information content (AvgIpc) is 3.18. The van der Waals surface area contributed by atoms with Crippen molar-refractivity contribution < 1.29 is 17.9 Å². The van der Waals surface area contributed by atoms with Gasteiger partial charge in [0.1, 0.15) is 5.75 Å². The molecule has 0 fully saturated rings. The van der Waals surface area contributed by atoms with Crippen molar-refractivity contribution in [1.82, 2.24) is 9.19 Å². The molecule has 4 rings (SSSR count). The maximum absolute atomic E-state index is 13.2. The molecule has 0 atom stereocenters. The highest BCUT2D eigenvalue weighted by molar-refractivity contribution is 7.90. The summed E-state index contributed by atoms with van der Waals surface area (Å²) in [6.45, 7) is 0. The van der Waals surface area contributed by atoms with E-state index in [-0.39, 0.29) is 32.7 Å². The van der Waals surface area contributed by atoms with Gasteiger partial charge in [0.25, 0.3) is 10.0 Å². The van der Waals surface area contributed by atoms with Crippen molar-refractivity contribution in [2.75, 3.05) is 7.11 Å². The molecule has 9 heteroatoms. The van der Waals surface area contributed by atoms with E-state index in [0.29, 0.717) is 22.2 Å². The topological polar surface area (TPSA) is 78.3 Å². The van der Waals surface area contributed by atoms with Gasteiger partial charge in [0.05, 0.1) is 39.3 Å². The Hall–Kier alpha value is -2.87. The largest absolute Gasteiger partial charge is 0.497 e. The van der Waals surface area contributed by atoms with E-state index in [2.05, 4.69) is 5.10 Å². The molecule has 158 valence electrons. The Kier molecular flexibility index (Phi) is 5.75. The fourth-order valence-corrected chi connectivity index (χ4v) is 5.15. The molecule has 0 bridgehead atoms. The fourth-order valence-electron chi connectivity index (χ4n) is 3.24. The number of carbonyl (C=O) groups excluding carboxylic acids is 1. The lowest BCUT2D eigenvalue weighted by Crippen LogP contribution is -2.14. The van der Waals surface area contributed by atoms with Crippen LogP contribution in [0.1, 0.15) is 15.9 Å². The van der Waals surface area contributed by atoms with Gasteiger partial charge in [-0.2, -0.15) is 17.6 Å². The third-order valence-corrected chi connectivity index (χ3v) is 7.00. The molecule has 1 heterocycles. The minimum atomic E-state index is -3.97. The Morgan fingerprint density at radius 3 is 2.45 bits per heavy atom. The van der Waals surface area contributed by atoms with E-state index in [1.54, 1.807) is 48.5 Å². The maximum Gasteiger partial charge on any atom is 0.283 e. The maximum atomic E-state index is 13.2. The summed E-state index contributed by atoms with van der Waals surface area (Å²) in [5.74, 6) is 0.150. The molecule has 0 N–H and O–H groups in total. The van der Waals surface area contributed by atoms with Gasteiger partial charge >= 0.3 is 0 Å². The Morgan fingerprint density at radius 2 is 1.74 bits per heavy atom. The number of ether oxygens (including phenoxy) is 1. The summed E-state index contributed by atoms with van der Waals surface area (Å²) in [6, 6.07) is 16.1. The Labute approximate surface area is 189 Å². The molecule has 0 radical (unpaired) electrons. The normalized spacial score (nSPS) is 11.6. The number of ketones is 1. The first kappa shape index (κ1) is 21.4. The first-order chi connectivity index (χ1) is 14.8. The number of aromatic nitrogens is 2. The zero-order chi connectivity index (χ0) is 22.2. The van der Waals surface area contributed by atoms with Crippen LogP contribution in [0.3, 0.4) is 0 Å². The van der Waals surface area contributed by atoms with Crippen molar-refractivity contribution in [3.8, 4) is 5.75 Å². The van der Waals surface area contributed by atoms with Crippen molar-refractivity contribution in [1.29, 1.82) is 0 Å². The highest BCUT2D eigenvalue weighted by atomic mass is 35.5. The molecule has 4 aromatic rings. The molecular formula is C22H16Cl2N2O4S. The summed E-state index contributed by atoms with van der Waals surface area (Å²) in [5.41, 5.74) is 1.21. The molecular weight excluding hydrogens is 459 g/mol. The second-order valence-corrected chi connectivity index (χ2v) is 9.34. The van der Waals surface area contributed by atoms with Crippen LogP contribution in [0.25, 0.3) is 10.9 Å². The molecule has 3 aromatic carbocycles. The monoisotopic (exact) mass is 474 g/mol. The van der Waals surface area contributed by atoms with E-state index >= 15 is 0 Å². The number of halogens is 2. The highest BCUT2D eigenvalue weighted by Crippen LogP contribution is 2.27. The SMILES string of the molecule is COc1cccc(S(=O)(=O)n2ncc3ccc(CC(=O)c4c(Cl)cccc4Cl)cc32)c1. The second kappa shape index (κ2) is 8.34. The van der Waals surface area contributed by atoms with Crippen molar-refractivity contribution in [2.24, 2.45) is 0 Å². The van der Waals surface area contributed by atoms with E-state index in [1.807, 2.05) is 0 Å². The molecule has 0 aliphatic carbocycles. The van der Waals surface area contributed by atoms with E-state index in [4.69, 9.17) is 27.9 Å². The van der Waals surface area contributed by atoms with Crippen LogP contribution in [0.15, 0.2) is 71.8 Å². The molecule has 1 aromatic heterocycles. The minimum absolute atomic E-state index is 0.00375. The molecule has 31 heavy (non-hydrogen) atoms. The predicted molar refractivity (Wildman–Crippen MR) is 120 cm³/mol. The molecule has 0 unspecified atom stereocenters. The van der Waals surface area contributed by atoms with Crippen molar-refractivity contribution in [2.45, 2.75) is 11.3 Å². The zero-order valence-corrected chi connectivity index (χ0v) is 18.6. The number of benzene rings is 3. The van der Waals surface area contributed by atoms with Crippen LogP contribution in [0.5, 0.6) is 5.75 Å². The Bertz CT molecular complexity index is 1390. The molecule has 6 nitrogen and oxygen atoms in total. The number of nitrogens with zero attached hydrogens (tertiary/aromatic N) is 2. The first-order valence-electron chi connectivity index (χ1n) is 9.15. The second-order valence-electron chi connectivity index (χ2n) is 6.76. The minimum Gasteiger partial charge on any atom is -0.497 e. The van der Waals surface area contributed by atoms with Gasteiger partial charge in [-0.15, -0.1) is 0 Å². The number of hydrogen-bond acceptors (Lipinski definition) is 5. The van der Waals surface area contributed by atoms with Crippen LogP contribution in [0.4, 0.5) is 0 Å². The van der Waals surface area contributed by atoms with Crippen molar-refractivity contribution in [3.63, 3.8) is 0 Å². The number of hydrogen-bond donors (Lipinski definition) is 0. The summed E-state index contributed by atoms with van der Waals surface area (Å²) in [4.78, 5) is 12.8. The van der Waals surface area contributed by atoms with Gasteiger partial charge in [-0.3, -0.25) is 4.79 Å². The number of Topliss-reactive ketones (excluding diaryl/α,β-unsaturated/α-hetero) is 1. The number of methoxy groups -OCH3 is 1. The summed E-state index contributed by atoms with van der Waals surface area (Å²) in [6.07, 6.45) is 1.47. The van der Waals surface area contributed by atoms with E-state index in [9.17, 15) is 13.2 Å². The van der Waals surface area contributed by atoms with E-state index in [1.165, 1.54) is 25.4 Å². The zero-order valence-electron chi connectivity index (χ0n) is 16.2. The number of fused-ring (bicyclic) bond motifs is 1. The summed E-state index contributed by atoms with van der Waals surface area (Å²) in [5, 5.41) is 5.23. The molecule has 0 saturated carbocycles. The first-order valence-corrected chi connectivity index (χ1v) is 11.3. The van der Waals surface area contributed by atoms with Gasteiger partial charge in [0.15, 0.2) is 5.78 Å². The smallest absolute Gasteiger partial charge is 0.283 e. The average molecular weight is 475 g/mol. The van der Waals surface area contributed by atoms with Gasteiger partial charge in [0, 0.05) is 17.9 Å². The molecule has 0 aliphatic rings. The lowest BCUT2D eigenvalue weighted by atomic mass is 10.0. The van der Waals surface area contributed by atoms with Gasteiger partial charge in [-0.25, -0.2) is 0 Å². The van der Waals surface area contributed by atoms with Gasteiger partial charge < -0.3 is 4.74 Å². The third kappa shape index (κ3) is 4.04. The van der Waals surface area contributed by atoms with Crippen LogP contribution in [-0.2, 0) is 16.4 Å². The standard InChI is InChI=1S/C22H16Cl2N2O4S/c1-30-16-4-2-5-17(12-16)31(28,29)26-20-10-14(8-9-15(20)13-25-26)11-21(27)22-18(23)6-3-7-19(22)24/h2-10,12-13H,11H2,1H3. The summed E-state index contributed by atoms with van der Waals surface area (Å²) >= 11 is 12.3. The van der Waals surface area contributed by atoms with Crippen LogP contribution in [-0.4, -0.2) is 30.5 Å². The predicted octanol–water partition coefficient (Wildman–Crippen LogP) is 5.01. The molecule has 0 saturated heterocycles. The Morgan fingerprint density at radius 1 is 1.03 bits per heavy atom. The van der Waals surface area contributed by atoms with Crippen molar-refractivity contribution >= 4 is 49.9 Å². The van der Waals surface area contributed by atoms with Crippen LogP contribution in [0.2, 0.25) is 10.0 Å². The summed E-state index contributed by atoms with van der Waals surface area (Å²) < 4.78 is 32.4. The molecule has 0 spiro atoms. The highest BCUT2D eigenvalue weighted by Gasteiger charge is 2.22. The Balaban J connectivity index is 1.74. The van der Waals surface area contributed by atoms with Crippen LogP contribution >= 0.6 is 23.2 Å². The van der Waals surface area contributed by atoms with E-state index < -0.39 is 10.0 Å². The lowest BCUT2D eigenvalue weighted by Gasteiger charge is -2.09. The fraction of sp³-hybridized carbons (Fsp3) is 0.0909. The molecule has 0 amide bonds. The lowest BCUT2D eigenvalue weighted by molar-refractivity contribution is 0.0993. The van der Waals surface area contributed by atoms with Gasteiger partial charge in [0.2, 0.25) is 0 Å². The van der Waals surface area contributed by atoms with Gasteiger partial charge in [-0.05, 0) is 35.9 Å². The summed E-state index contributed by atoms with van der Waals surface area (Å²) in [7, 11) is -2.51. The number of rotatable bonds is 6. The van der Waals surface area contributed by atoms with Crippen LogP contribution < -0.4 is 4.74 Å². The molecule has 0 aliphatic heterocycles. The third-order valence-electron chi connectivity index (χ3n) is 4.78. The van der Waals surface area contributed by atoms with Crippen LogP contribution in [0, 0.1) is 0 Å². The quantitative estimate of drug-likeness (QED) is 0.366. The van der Waals surface area contributed by atoms with Gasteiger partial charge in [-0.1, -0.05) is 47.5 Å². The van der Waals surface area contributed by atoms with Crippen molar-refractivity contribution in [3.05, 3.63) is 88.0 Å². The number of carbonyl (C=O) groups is 1. The van der Waals surface area contributed by atoms with E-state index in [0.717, 1.165) is 4.09 Å².